The first kappa shape index (κ1) is 18.6. The van der Waals surface area contributed by atoms with Crippen LogP contribution in [0.2, 0.25) is 5.02 Å². The van der Waals surface area contributed by atoms with Gasteiger partial charge in [-0.2, -0.15) is 10.4 Å². The lowest BCUT2D eigenvalue weighted by Gasteiger charge is -2.07. The van der Waals surface area contributed by atoms with Crippen LogP contribution in [0.15, 0.2) is 36.5 Å². The van der Waals surface area contributed by atoms with Crippen molar-refractivity contribution in [2.24, 2.45) is 0 Å². The second-order valence-electron chi connectivity index (χ2n) is 6.13. The third kappa shape index (κ3) is 3.69. The van der Waals surface area contributed by atoms with Gasteiger partial charge in [0.15, 0.2) is 0 Å². The number of pyridine rings is 1. The van der Waals surface area contributed by atoms with E-state index in [1.807, 2.05) is 30.7 Å². The molecule has 3 rings (SSSR count). The highest BCUT2D eigenvalue weighted by molar-refractivity contribution is 6.32. The number of aryl methyl sites for hydroxylation is 1. The minimum atomic E-state index is -0.167. The molecule has 0 unspecified atom stereocenters. The standard InChI is InChI=1S/C20H18ClN5O/c1-12-19(14-4-5-15(9-22)18(21)8-14)13(2)26(25-12)11-17-7-6-16(10-24-17)20(27)23-3/h4-8,10H,11H2,1-3H3,(H,23,27). The van der Waals surface area contributed by atoms with Crippen LogP contribution in [0.5, 0.6) is 0 Å². The van der Waals surface area contributed by atoms with Crippen LogP contribution >= 0.6 is 11.6 Å². The van der Waals surface area contributed by atoms with Crippen LogP contribution in [0.4, 0.5) is 0 Å². The van der Waals surface area contributed by atoms with Gasteiger partial charge in [-0.3, -0.25) is 14.5 Å². The van der Waals surface area contributed by atoms with Crippen LogP contribution in [0.1, 0.15) is 33.0 Å². The highest BCUT2D eigenvalue weighted by Gasteiger charge is 2.15. The number of rotatable bonds is 4. The van der Waals surface area contributed by atoms with Gasteiger partial charge in [0.2, 0.25) is 0 Å². The number of aromatic nitrogens is 3. The molecule has 1 N–H and O–H groups in total. The average Bonchev–Trinajstić information content (AvgIpc) is 2.95. The molecule has 0 saturated heterocycles. The highest BCUT2D eigenvalue weighted by Crippen LogP contribution is 2.30. The summed E-state index contributed by atoms with van der Waals surface area (Å²) in [6.07, 6.45) is 1.56. The number of carbonyl (C=O) groups excluding carboxylic acids is 1. The van der Waals surface area contributed by atoms with Crippen molar-refractivity contribution in [2.75, 3.05) is 7.05 Å². The number of halogens is 1. The van der Waals surface area contributed by atoms with Crippen LogP contribution in [0, 0.1) is 25.2 Å². The molecule has 0 bridgehead atoms. The molecule has 0 fully saturated rings. The van der Waals surface area contributed by atoms with E-state index in [2.05, 4.69) is 21.5 Å². The zero-order valence-electron chi connectivity index (χ0n) is 15.2. The minimum absolute atomic E-state index is 0.167. The van der Waals surface area contributed by atoms with Gasteiger partial charge in [0.05, 0.1) is 34.1 Å². The predicted molar refractivity (Wildman–Crippen MR) is 104 cm³/mol. The normalized spacial score (nSPS) is 10.5. The van der Waals surface area contributed by atoms with E-state index in [0.29, 0.717) is 22.7 Å². The van der Waals surface area contributed by atoms with Crippen molar-refractivity contribution in [1.29, 1.82) is 5.26 Å². The minimum Gasteiger partial charge on any atom is -0.355 e. The van der Waals surface area contributed by atoms with Gasteiger partial charge in [0.25, 0.3) is 5.91 Å². The fourth-order valence-electron chi connectivity index (χ4n) is 2.98. The van der Waals surface area contributed by atoms with Crippen LogP contribution in [-0.4, -0.2) is 27.7 Å². The molecule has 0 atom stereocenters. The summed E-state index contributed by atoms with van der Waals surface area (Å²) in [5, 5.41) is 16.7. The number of nitrogens with one attached hydrogen (secondary N) is 1. The Kier molecular flexibility index (Phi) is 5.24. The Morgan fingerprint density at radius 3 is 2.67 bits per heavy atom. The Labute approximate surface area is 162 Å². The average molecular weight is 380 g/mol. The zero-order valence-corrected chi connectivity index (χ0v) is 16.0. The number of hydrogen-bond donors (Lipinski definition) is 1. The van der Waals surface area contributed by atoms with Gasteiger partial charge in [0, 0.05) is 24.5 Å². The second kappa shape index (κ2) is 7.60. The molecule has 2 aromatic heterocycles. The fourth-order valence-corrected chi connectivity index (χ4v) is 3.20. The number of carbonyl (C=O) groups is 1. The summed E-state index contributed by atoms with van der Waals surface area (Å²) < 4.78 is 1.87. The van der Waals surface area contributed by atoms with Crippen molar-refractivity contribution >= 4 is 17.5 Å². The number of nitriles is 1. The van der Waals surface area contributed by atoms with Crippen molar-refractivity contribution in [1.82, 2.24) is 20.1 Å². The summed E-state index contributed by atoms with van der Waals surface area (Å²) in [5.74, 6) is -0.167. The van der Waals surface area contributed by atoms with E-state index in [1.54, 1.807) is 31.4 Å². The first-order valence-electron chi connectivity index (χ1n) is 8.35. The van der Waals surface area contributed by atoms with Crippen molar-refractivity contribution in [2.45, 2.75) is 20.4 Å². The summed E-state index contributed by atoms with van der Waals surface area (Å²) >= 11 is 6.18. The van der Waals surface area contributed by atoms with Crippen LogP contribution < -0.4 is 5.32 Å². The van der Waals surface area contributed by atoms with Crippen molar-refractivity contribution in [3.63, 3.8) is 0 Å². The molecule has 7 heteroatoms. The smallest absolute Gasteiger partial charge is 0.252 e. The van der Waals surface area contributed by atoms with Gasteiger partial charge >= 0.3 is 0 Å². The van der Waals surface area contributed by atoms with E-state index in [4.69, 9.17) is 16.9 Å². The summed E-state index contributed by atoms with van der Waals surface area (Å²) in [6, 6.07) is 11.0. The number of amides is 1. The lowest BCUT2D eigenvalue weighted by Crippen LogP contribution is -2.18. The van der Waals surface area contributed by atoms with E-state index in [0.717, 1.165) is 28.2 Å². The molecule has 0 aliphatic heterocycles. The monoisotopic (exact) mass is 379 g/mol. The molecule has 136 valence electrons. The van der Waals surface area contributed by atoms with Crippen LogP contribution in [-0.2, 0) is 6.54 Å². The number of benzene rings is 1. The Bertz CT molecular complexity index is 1050. The number of nitrogens with zero attached hydrogens (tertiary/aromatic N) is 4. The molecule has 1 aromatic carbocycles. The summed E-state index contributed by atoms with van der Waals surface area (Å²) in [5.41, 5.74) is 5.52. The topological polar surface area (TPSA) is 83.6 Å². The lowest BCUT2D eigenvalue weighted by molar-refractivity contribution is 0.0962. The Morgan fingerprint density at radius 1 is 1.30 bits per heavy atom. The molecule has 27 heavy (non-hydrogen) atoms. The zero-order chi connectivity index (χ0) is 19.6. The summed E-state index contributed by atoms with van der Waals surface area (Å²) in [7, 11) is 1.59. The Balaban J connectivity index is 1.91. The molecular weight excluding hydrogens is 362 g/mol. The van der Waals surface area contributed by atoms with Gasteiger partial charge in [-0.15, -0.1) is 0 Å². The first-order valence-corrected chi connectivity index (χ1v) is 8.73. The van der Waals surface area contributed by atoms with E-state index < -0.39 is 0 Å². The van der Waals surface area contributed by atoms with Gasteiger partial charge < -0.3 is 5.32 Å². The third-order valence-corrected chi connectivity index (χ3v) is 4.70. The Morgan fingerprint density at radius 2 is 2.07 bits per heavy atom. The van der Waals surface area contributed by atoms with E-state index in [1.165, 1.54) is 0 Å². The molecule has 1 amide bonds. The third-order valence-electron chi connectivity index (χ3n) is 4.39. The van der Waals surface area contributed by atoms with Crippen molar-refractivity contribution in [3.8, 4) is 17.2 Å². The van der Waals surface area contributed by atoms with Gasteiger partial charge in [-0.1, -0.05) is 17.7 Å². The lowest BCUT2D eigenvalue weighted by atomic mass is 10.0. The maximum atomic E-state index is 11.6. The molecule has 0 saturated carbocycles. The van der Waals surface area contributed by atoms with Crippen molar-refractivity contribution in [3.05, 3.63) is 69.8 Å². The molecule has 0 radical (unpaired) electrons. The van der Waals surface area contributed by atoms with E-state index in [9.17, 15) is 4.79 Å². The van der Waals surface area contributed by atoms with Gasteiger partial charge in [0.1, 0.15) is 6.07 Å². The molecule has 2 heterocycles. The molecule has 0 aliphatic carbocycles. The van der Waals surface area contributed by atoms with Crippen LogP contribution in [0.3, 0.4) is 0 Å². The van der Waals surface area contributed by atoms with Gasteiger partial charge in [-0.25, -0.2) is 0 Å². The summed E-state index contributed by atoms with van der Waals surface area (Å²) in [6.45, 7) is 4.41. The SMILES string of the molecule is CNC(=O)c1ccc(Cn2nc(C)c(-c3ccc(C#N)c(Cl)c3)c2C)nc1. The quantitative estimate of drug-likeness (QED) is 0.752. The highest BCUT2D eigenvalue weighted by atomic mass is 35.5. The maximum Gasteiger partial charge on any atom is 0.252 e. The second-order valence-corrected chi connectivity index (χ2v) is 6.53. The Hall–Kier alpha value is -3.17. The van der Waals surface area contributed by atoms with Crippen molar-refractivity contribution < 1.29 is 4.79 Å². The molecular formula is C20H18ClN5O. The van der Waals surface area contributed by atoms with E-state index >= 15 is 0 Å². The molecule has 0 spiro atoms. The first-order chi connectivity index (χ1) is 12.9. The molecule has 6 nitrogen and oxygen atoms in total. The van der Waals surface area contributed by atoms with E-state index in [-0.39, 0.29) is 5.91 Å². The largest absolute Gasteiger partial charge is 0.355 e. The maximum absolute atomic E-state index is 11.6. The summed E-state index contributed by atoms with van der Waals surface area (Å²) in [4.78, 5) is 16.0. The number of hydrogen-bond acceptors (Lipinski definition) is 4. The van der Waals surface area contributed by atoms with Crippen LogP contribution in [0.25, 0.3) is 11.1 Å². The fraction of sp³-hybridized carbons (Fsp3) is 0.200. The predicted octanol–water partition coefficient (Wildman–Crippen LogP) is 3.49. The molecule has 0 aliphatic rings. The van der Waals surface area contributed by atoms with Gasteiger partial charge in [-0.05, 0) is 43.7 Å². The molecule has 3 aromatic rings.